The molecule has 1 N–H and O–H groups in total. The maximum Gasteiger partial charge on any atom is 0.232 e. The molecule has 0 atom stereocenters. The second-order valence-corrected chi connectivity index (χ2v) is 4.65. The van der Waals surface area contributed by atoms with E-state index in [0.717, 1.165) is 26.1 Å². The average Bonchev–Trinajstić information content (AvgIpc) is 2.45. The van der Waals surface area contributed by atoms with Crippen molar-refractivity contribution in [3.05, 3.63) is 0 Å². The summed E-state index contributed by atoms with van der Waals surface area (Å²) in [6.45, 7) is 7.27. The van der Waals surface area contributed by atoms with Crippen LogP contribution < -0.4 is 15.1 Å². The Morgan fingerprint density at radius 3 is 2.35 bits per heavy atom. The smallest absolute Gasteiger partial charge is 0.232 e. The third-order valence-corrected chi connectivity index (χ3v) is 2.77. The molecule has 0 aromatic carbocycles. The van der Waals surface area contributed by atoms with Crippen LogP contribution in [0.3, 0.4) is 0 Å². The summed E-state index contributed by atoms with van der Waals surface area (Å²) in [7, 11) is 5.54. The first-order valence-corrected chi connectivity index (χ1v) is 7.03. The van der Waals surface area contributed by atoms with Crippen LogP contribution in [-0.4, -0.2) is 62.4 Å². The number of methoxy groups -OCH3 is 1. The maximum atomic E-state index is 5.13. The first kappa shape index (κ1) is 16.4. The van der Waals surface area contributed by atoms with Gasteiger partial charge in [-0.05, 0) is 13.3 Å². The summed E-state index contributed by atoms with van der Waals surface area (Å²) in [4.78, 5) is 17.3. The molecule has 0 saturated carbocycles. The molecule has 20 heavy (non-hydrogen) atoms. The van der Waals surface area contributed by atoms with Crippen LogP contribution in [0, 0.1) is 0 Å². The van der Waals surface area contributed by atoms with Crippen molar-refractivity contribution in [1.82, 2.24) is 15.0 Å². The van der Waals surface area contributed by atoms with Crippen molar-refractivity contribution < 1.29 is 4.74 Å². The van der Waals surface area contributed by atoms with Gasteiger partial charge in [0, 0.05) is 40.8 Å². The summed E-state index contributed by atoms with van der Waals surface area (Å²) >= 11 is 0. The summed E-state index contributed by atoms with van der Waals surface area (Å²) in [5.74, 6) is 1.96. The van der Waals surface area contributed by atoms with Gasteiger partial charge in [0.1, 0.15) is 0 Å². The molecule has 1 aromatic rings. The third-order valence-electron chi connectivity index (χ3n) is 2.77. The van der Waals surface area contributed by atoms with Gasteiger partial charge in [0.2, 0.25) is 17.8 Å². The second-order valence-electron chi connectivity index (χ2n) is 4.65. The van der Waals surface area contributed by atoms with E-state index >= 15 is 0 Å². The van der Waals surface area contributed by atoms with E-state index in [0.29, 0.717) is 24.5 Å². The SMILES string of the molecule is CCCNc1nc(N(C)C)nc(N(CC)CCOC)n1. The zero-order valence-electron chi connectivity index (χ0n) is 13.2. The lowest BCUT2D eigenvalue weighted by Gasteiger charge is -2.22. The van der Waals surface area contributed by atoms with Crippen molar-refractivity contribution in [3.63, 3.8) is 0 Å². The Morgan fingerprint density at radius 1 is 1.10 bits per heavy atom. The Hall–Kier alpha value is -1.63. The Bertz CT molecular complexity index is 398. The van der Waals surface area contributed by atoms with Gasteiger partial charge in [-0.2, -0.15) is 15.0 Å². The van der Waals surface area contributed by atoms with Crippen molar-refractivity contribution in [2.45, 2.75) is 20.3 Å². The zero-order chi connectivity index (χ0) is 15.0. The number of rotatable bonds is 9. The van der Waals surface area contributed by atoms with Crippen LogP contribution in [0.5, 0.6) is 0 Å². The zero-order valence-corrected chi connectivity index (χ0v) is 13.2. The van der Waals surface area contributed by atoms with E-state index in [1.807, 2.05) is 19.0 Å². The van der Waals surface area contributed by atoms with Crippen LogP contribution in [0.1, 0.15) is 20.3 Å². The van der Waals surface area contributed by atoms with E-state index in [2.05, 4.69) is 39.0 Å². The molecule has 0 unspecified atom stereocenters. The predicted octanol–water partition coefficient (Wildman–Crippen LogP) is 1.23. The first-order valence-electron chi connectivity index (χ1n) is 7.03. The lowest BCUT2D eigenvalue weighted by Crippen LogP contribution is -2.30. The average molecular weight is 282 g/mol. The van der Waals surface area contributed by atoms with Crippen molar-refractivity contribution in [2.24, 2.45) is 0 Å². The standard InChI is InChI=1S/C13H26N6O/c1-6-8-14-11-15-12(18(3)4)17-13(16-11)19(7-2)9-10-20-5/h6-10H2,1-5H3,(H,14,15,16,17). The van der Waals surface area contributed by atoms with Crippen LogP contribution in [0.15, 0.2) is 0 Å². The van der Waals surface area contributed by atoms with E-state index in [1.54, 1.807) is 7.11 Å². The van der Waals surface area contributed by atoms with Gasteiger partial charge in [0.05, 0.1) is 6.61 Å². The predicted molar refractivity (Wildman–Crippen MR) is 82.7 cm³/mol. The van der Waals surface area contributed by atoms with Crippen LogP contribution in [0.2, 0.25) is 0 Å². The fourth-order valence-electron chi connectivity index (χ4n) is 1.61. The number of ether oxygens (including phenoxy) is 1. The molecule has 0 amide bonds. The van der Waals surface area contributed by atoms with Gasteiger partial charge in [-0.25, -0.2) is 0 Å². The molecule has 0 radical (unpaired) electrons. The molecule has 7 heteroatoms. The highest BCUT2D eigenvalue weighted by molar-refractivity contribution is 5.44. The Morgan fingerprint density at radius 2 is 1.80 bits per heavy atom. The van der Waals surface area contributed by atoms with E-state index in [9.17, 15) is 0 Å². The number of hydrogen-bond acceptors (Lipinski definition) is 7. The van der Waals surface area contributed by atoms with Gasteiger partial charge in [0.15, 0.2) is 0 Å². The number of likely N-dealkylation sites (N-methyl/N-ethyl adjacent to an activating group) is 1. The normalized spacial score (nSPS) is 10.4. The Kier molecular flexibility index (Phi) is 7.00. The van der Waals surface area contributed by atoms with E-state index < -0.39 is 0 Å². The summed E-state index contributed by atoms with van der Waals surface area (Å²) in [6, 6.07) is 0. The Balaban J connectivity index is 2.99. The topological polar surface area (TPSA) is 66.4 Å². The fraction of sp³-hybridized carbons (Fsp3) is 0.769. The second kappa shape index (κ2) is 8.52. The molecule has 0 saturated heterocycles. The minimum absolute atomic E-state index is 0.622. The van der Waals surface area contributed by atoms with Crippen molar-refractivity contribution >= 4 is 17.8 Å². The van der Waals surface area contributed by atoms with Gasteiger partial charge in [-0.1, -0.05) is 6.92 Å². The molecule has 0 bridgehead atoms. The quantitative estimate of drug-likeness (QED) is 0.730. The van der Waals surface area contributed by atoms with Crippen molar-refractivity contribution in [3.8, 4) is 0 Å². The van der Waals surface area contributed by atoms with Gasteiger partial charge in [0.25, 0.3) is 0 Å². The van der Waals surface area contributed by atoms with Crippen molar-refractivity contribution in [2.75, 3.05) is 62.6 Å². The first-order chi connectivity index (χ1) is 9.62. The van der Waals surface area contributed by atoms with Gasteiger partial charge in [-0.3, -0.25) is 0 Å². The number of anilines is 3. The highest BCUT2D eigenvalue weighted by Crippen LogP contribution is 2.15. The summed E-state index contributed by atoms with van der Waals surface area (Å²) in [5.41, 5.74) is 0. The number of nitrogens with zero attached hydrogens (tertiary/aromatic N) is 5. The van der Waals surface area contributed by atoms with Crippen LogP contribution >= 0.6 is 0 Å². The fourth-order valence-corrected chi connectivity index (χ4v) is 1.61. The highest BCUT2D eigenvalue weighted by Gasteiger charge is 2.13. The van der Waals surface area contributed by atoms with Crippen LogP contribution in [0.4, 0.5) is 17.8 Å². The molecule has 1 aromatic heterocycles. The monoisotopic (exact) mass is 282 g/mol. The Labute approximate surface area is 121 Å². The molecule has 0 fully saturated rings. The lowest BCUT2D eigenvalue weighted by molar-refractivity contribution is 0.205. The summed E-state index contributed by atoms with van der Waals surface area (Å²) in [5, 5.41) is 3.22. The molecule has 0 aliphatic carbocycles. The van der Waals surface area contributed by atoms with Crippen molar-refractivity contribution in [1.29, 1.82) is 0 Å². The molecular weight excluding hydrogens is 256 g/mol. The lowest BCUT2D eigenvalue weighted by atomic mass is 10.5. The van der Waals surface area contributed by atoms with E-state index in [4.69, 9.17) is 4.74 Å². The van der Waals surface area contributed by atoms with Gasteiger partial charge in [-0.15, -0.1) is 0 Å². The van der Waals surface area contributed by atoms with E-state index in [1.165, 1.54) is 0 Å². The summed E-state index contributed by atoms with van der Waals surface area (Å²) < 4.78 is 5.13. The van der Waals surface area contributed by atoms with Crippen LogP contribution in [0.25, 0.3) is 0 Å². The van der Waals surface area contributed by atoms with Gasteiger partial charge < -0.3 is 19.9 Å². The van der Waals surface area contributed by atoms with E-state index in [-0.39, 0.29) is 0 Å². The third kappa shape index (κ3) is 4.80. The highest BCUT2D eigenvalue weighted by atomic mass is 16.5. The number of aromatic nitrogens is 3. The van der Waals surface area contributed by atoms with Gasteiger partial charge >= 0.3 is 0 Å². The molecule has 0 spiro atoms. The number of nitrogens with one attached hydrogen (secondary N) is 1. The maximum absolute atomic E-state index is 5.13. The molecule has 0 aliphatic heterocycles. The number of hydrogen-bond donors (Lipinski definition) is 1. The molecule has 1 rings (SSSR count). The van der Waals surface area contributed by atoms with Crippen LogP contribution in [-0.2, 0) is 4.74 Å². The molecule has 114 valence electrons. The molecular formula is C13H26N6O. The molecule has 0 aliphatic rings. The summed E-state index contributed by atoms with van der Waals surface area (Å²) in [6.07, 6.45) is 1.03. The minimum Gasteiger partial charge on any atom is -0.383 e. The molecule has 1 heterocycles. The minimum atomic E-state index is 0.622. The molecule has 7 nitrogen and oxygen atoms in total. The largest absolute Gasteiger partial charge is 0.383 e.